The summed E-state index contributed by atoms with van der Waals surface area (Å²) in [6.45, 7) is 0. The number of hydrogen-bond acceptors (Lipinski definition) is 1. The van der Waals surface area contributed by atoms with Crippen LogP contribution in [0.3, 0.4) is 0 Å². The molecule has 1 fully saturated rings. The summed E-state index contributed by atoms with van der Waals surface area (Å²) >= 11 is 3.41. The second-order valence-corrected chi connectivity index (χ2v) is 4.91. The topological polar surface area (TPSA) is 22.0 Å². The standard InChI is InChI=1S/C12H10BrNO/c13-9-1-4-11-8(7-9)5-6-14(12(11)15)10-2-3-10/h1,4-7,10H,2-3H2. The van der Waals surface area contributed by atoms with Crippen molar-refractivity contribution in [1.29, 1.82) is 0 Å². The van der Waals surface area contributed by atoms with E-state index in [1.807, 2.05) is 35.0 Å². The third-order valence-electron chi connectivity index (χ3n) is 2.83. The van der Waals surface area contributed by atoms with Crippen LogP contribution in [0.2, 0.25) is 0 Å². The number of pyridine rings is 1. The highest BCUT2D eigenvalue weighted by atomic mass is 79.9. The monoisotopic (exact) mass is 263 g/mol. The Labute approximate surface area is 95.7 Å². The minimum absolute atomic E-state index is 0.141. The van der Waals surface area contributed by atoms with Crippen molar-refractivity contribution in [2.24, 2.45) is 0 Å². The molecule has 0 saturated heterocycles. The molecule has 0 bridgehead atoms. The van der Waals surface area contributed by atoms with E-state index >= 15 is 0 Å². The van der Waals surface area contributed by atoms with Crippen LogP contribution in [0.4, 0.5) is 0 Å². The molecule has 1 heterocycles. The third kappa shape index (κ3) is 1.51. The Morgan fingerprint density at radius 2 is 2.07 bits per heavy atom. The highest BCUT2D eigenvalue weighted by molar-refractivity contribution is 9.10. The van der Waals surface area contributed by atoms with Gasteiger partial charge >= 0.3 is 0 Å². The Balaban J connectivity index is 2.32. The smallest absolute Gasteiger partial charge is 0.258 e. The van der Waals surface area contributed by atoms with Crippen LogP contribution < -0.4 is 5.56 Å². The van der Waals surface area contributed by atoms with E-state index in [9.17, 15) is 4.79 Å². The second kappa shape index (κ2) is 3.20. The van der Waals surface area contributed by atoms with E-state index in [2.05, 4.69) is 15.9 Å². The average Bonchev–Trinajstić information content (AvgIpc) is 3.01. The van der Waals surface area contributed by atoms with Gasteiger partial charge in [0.05, 0.1) is 0 Å². The fraction of sp³-hybridized carbons (Fsp3) is 0.250. The molecule has 15 heavy (non-hydrogen) atoms. The lowest BCUT2D eigenvalue weighted by Crippen LogP contribution is -2.17. The fourth-order valence-electron chi connectivity index (χ4n) is 1.87. The van der Waals surface area contributed by atoms with E-state index in [4.69, 9.17) is 0 Å². The third-order valence-corrected chi connectivity index (χ3v) is 3.33. The lowest BCUT2D eigenvalue weighted by Gasteiger charge is -2.05. The van der Waals surface area contributed by atoms with Crippen LogP contribution >= 0.6 is 15.9 Å². The molecule has 0 atom stereocenters. The molecule has 1 aromatic carbocycles. The maximum Gasteiger partial charge on any atom is 0.258 e. The SMILES string of the molecule is O=c1c2ccc(Br)cc2ccn1C1CC1. The van der Waals surface area contributed by atoms with Crippen LogP contribution in [-0.2, 0) is 0 Å². The second-order valence-electron chi connectivity index (χ2n) is 3.99. The Kier molecular flexibility index (Phi) is 1.96. The van der Waals surface area contributed by atoms with Crippen LogP contribution in [-0.4, -0.2) is 4.57 Å². The van der Waals surface area contributed by atoms with E-state index in [-0.39, 0.29) is 5.56 Å². The molecule has 0 N–H and O–H groups in total. The molecule has 3 heteroatoms. The molecule has 1 aromatic heterocycles. The van der Waals surface area contributed by atoms with E-state index in [1.165, 1.54) is 0 Å². The summed E-state index contributed by atoms with van der Waals surface area (Å²) in [5, 5.41) is 1.82. The number of hydrogen-bond donors (Lipinski definition) is 0. The first-order valence-electron chi connectivity index (χ1n) is 5.06. The molecule has 76 valence electrons. The Morgan fingerprint density at radius 1 is 1.27 bits per heavy atom. The molecule has 1 aliphatic carbocycles. The molecule has 1 aliphatic rings. The maximum absolute atomic E-state index is 12.1. The highest BCUT2D eigenvalue weighted by Crippen LogP contribution is 2.33. The maximum atomic E-state index is 12.1. The van der Waals surface area contributed by atoms with Crippen molar-refractivity contribution in [3.05, 3.63) is 45.3 Å². The van der Waals surface area contributed by atoms with Gasteiger partial charge in [0.15, 0.2) is 0 Å². The van der Waals surface area contributed by atoms with Crippen molar-refractivity contribution in [3.63, 3.8) is 0 Å². The van der Waals surface area contributed by atoms with Crippen molar-refractivity contribution in [2.75, 3.05) is 0 Å². The van der Waals surface area contributed by atoms with Gasteiger partial charge < -0.3 is 4.57 Å². The van der Waals surface area contributed by atoms with Crippen molar-refractivity contribution < 1.29 is 0 Å². The zero-order chi connectivity index (χ0) is 10.4. The number of benzene rings is 1. The van der Waals surface area contributed by atoms with Crippen molar-refractivity contribution in [1.82, 2.24) is 4.57 Å². The predicted octanol–water partition coefficient (Wildman–Crippen LogP) is 3.10. The van der Waals surface area contributed by atoms with Crippen LogP contribution in [0.15, 0.2) is 39.7 Å². The van der Waals surface area contributed by atoms with Gasteiger partial charge in [-0.15, -0.1) is 0 Å². The number of rotatable bonds is 1. The Bertz CT molecular complexity index is 584. The lowest BCUT2D eigenvalue weighted by atomic mass is 10.2. The summed E-state index contributed by atoms with van der Waals surface area (Å²) in [6.07, 6.45) is 4.19. The first-order valence-corrected chi connectivity index (χ1v) is 5.85. The molecule has 1 saturated carbocycles. The van der Waals surface area contributed by atoms with Gasteiger partial charge in [0, 0.05) is 22.1 Å². The number of aromatic nitrogens is 1. The van der Waals surface area contributed by atoms with E-state index in [0.29, 0.717) is 6.04 Å². The van der Waals surface area contributed by atoms with Gasteiger partial charge in [0.2, 0.25) is 0 Å². The van der Waals surface area contributed by atoms with Gasteiger partial charge in [0.1, 0.15) is 0 Å². The number of halogens is 1. The minimum Gasteiger partial charge on any atom is -0.312 e. The quantitative estimate of drug-likeness (QED) is 0.775. The summed E-state index contributed by atoms with van der Waals surface area (Å²) < 4.78 is 2.87. The number of fused-ring (bicyclic) bond motifs is 1. The van der Waals surface area contributed by atoms with Crippen LogP contribution in [0, 0.1) is 0 Å². The van der Waals surface area contributed by atoms with Crippen molar-refractivity contribution >= 4 is 26.7 Å². The largest absolute Gasteiger partial charge is 0.312 e. The van der Waals surface area contributed by atoms with E-state index in [0.717, 1.165) is 28.1 Å². The first kappa shape index (κ1) is 9.16. The summed E-state index contributed by atoms with van der Waals surface area (Å²) in [6, 6.07) is 8.25. The summed E-state index contributed by atoms with van der Waals surface area (Å²) in [5.41, 5.74) is 0.141. The summed E-state index contributed by atoms with van der Waals surface area (Å²) in [7, 11) is 0. The highest BCUT2D eigenvalue weighted by Gasteiger charge is 2.24. The first-order chi connectivity index (χ1) is 7.25. The molecule has 0 unspecified atom stereocenters. The van der Waals surface area contributed by atoms with Gasteiger partial charge in [0.25, 0.3) is 5.56 Å². The van der Waals surface area contributed by atoms with Gasteiger partial charge in [-0.25, -0.2) is 0 Å². The molecule has 2 aromatic rings. The molecule has 0 spiro atoms. The zero-order valence-electron chi connectivity index (χ0n) is 8.11. The minimum atomic E-state index is 0.141. The van der Waals surface area contributed by atoms with Crippen molar-refractivity contribution in [2.45, 2.75) is 18.9 Å². The van der Waals surface area contributed by atoms with E-state index in [1.54, 1.807) is 0 Å². The van der Waals surface area contributed by atoms with Gasteiger partial charge in [-0.2, -0.15) is 0 Å². The Hall–Kier alpha value is -1.09. The van der Waals surface area contributed by atoms with E-state index < -0.39 is 0 Å². The fourth-order valence-corrected chi connectivity index (χ4v) is 2.25. The molecule has 3 rings (SSSR count). The molecule has 0 amide bonds. The molecule has 0 aliphatic heterocycles. The van der Waals surface area contributed by atoms with Gasteiger partial charge in [-0.1, -0.05) is 15.9 Å². The van der Waals surface area contributed by atoms with Crippen LogP contribution in [0.5, 0.6) is 0 Å². The normalized spacial score (nSPS) is 15.8. The molecular formula is C12H10BrNO. The Morgan fingerprint density at radius 3 is 2.80 bits per heavy atom. The molecule has 0 radical (unpaired) electrons. The molecular weight excluding hydrogens is 254 g/mol. The zero-order valence-corrected chi connectivity index (χ0v) is 9.70. The van der Waals surface area contributed by atoms with Crippen molar-refractivity contribution in [3.8, 4) is 0 Å². The number of nitrogens with zero attached hydrogens (tertiary/aromatic N) is 1. The van der Waals surface area contributed by atoms with Crippen LogP contribution in [0.1, 0.15) is 18.9 Å². The van der Waals surface area contributed by atoms with Crippen LogP contribution in [0.25, 0.3) is 10.8 Å². The average molecular weight is 264 g/mol. The molecule has 2 nitrogen and oxygen atoms in total. The summed E-state index contributed by atoms with van der Waals surface area (Å²) in [5.74, 6) is 0. The lowest BCUT2D eigenvalue weighted by molar-refractivity contribution is 0.714. The summed E-state index contributed by atoms with van der Waals surface area (Å²) in [4.78, 5) is 12.1. The predicted molar refractivity (Wildman–Crippen MR) is 64.2 cm³/mol. The van der Waals surface area contributed by atoms with Gasteiger partial charge in [-0.3, -0.25) is 4.79 Å². The van der Waals surface area contributed by atoms with Gasteiger partial charge in [-0.05, 0) is 42.5 Å².